The smallest absolute Gasteiger partial charge is 0.328 e. The Morgan fingerprint density at radius 1 is 0.629 bits per heavy atom. The van der Waals surface area contributed by atoms with E-state index in [1.54, 1.807) is 0 Å². The van der Waals surface area contributed by atoms with E-state index in [0.29, 0.717) is 87.9 Å². The standard InChI is InChI=1S/C36H62N8O8S2.C4H4O4/c1-35(2,3)37-23-27(25-49-33-31(39-53-41-33)43-15-19-47-20-16-43)51-29(45)13-11-9-7-8-10-12-14-30(46)52-28(24-38-36(4,5)6)26-50-34-32(40-54-42-34)44-17-21-48-22-18-44;5-3(6)1-2-4(7)8/h27-28,37-38H,7-26H2,1-6H3;1-2H,(H,5,6)(H,7,8)/b;2-1-/t27-,28-;/m0./s1. The van der Waals surface area contributed by atoms with Gasteiger partial charge in [-0.25, -0.2) is 9.59 Å². The molecule has 22 heteroatoms. The van der Waals surface area contributed by atoms with Gasteiger partial charge in [-0.15, -0.1) is 8.75 Å². The molecule has 2 saturated heterocycles. The zero-order valence-electron chi connectivity index (χ0n) is 36.9. The molecule has 4 rings (SSSR count). The first-order chi connectivity index (χ1) is 29.5. The van der Waals surface area contributed by atoms with Crippen LogP contribution in [0.1, 0.15) is 92.9 Å². The number of carboxylic acids is 2. The van der Waals surface area contributed by atoms with Crippen LogP contribution < -0.4 is 29.9 Å². The fraction of sp³-hybridized carbons (Fsp3) is 0.750. The second-order valence-electron chi connectivity index (χ2n) is 16.7. The van der Waals surface area contributed by atoms with Gasteiger partial charge < -0.3 is 59.1 Å². The second kappa shape index (κ2) is 27.8. The lowest BCUT2D eigenvalue weighted by Gasteiger charge is -2.27. The van der Waals surface area contributed by atoms with Gasteiger partial charge >= 0.3 is 23.9 Å². The fourth-order valence-electron chi connectivity index (χ4n) is 5.80. The van der Waals surface area contributed by atoms with E-state index in [1.165, 1.54) is 0 Å². The van der Waals surface area contributed by atoms with Gasteiger partial charge in [0.15, 0.2) is 0 Å². The van der Waals surface area contributed by atoms with Crippen molar-refractivity contribution in [2.45, 2.75) is 116 Å². The van der Waals surface area contributed by atoms with Crippen LogP contribution in [0.15, 0.2) is 12.2 Å². The lowest BCUT2D eigenvalue weighted by molar-refractivity contribution is -0.151. The van der Waals surface area contributed by atoms with E-state index < -0.39 is 24.1 Å². The van der Waals surface area contributed by atoms with Crippen LogP contribution in [-0.2, 0) is 38.1 Å². The summed E-state index contributed by atoms with van der Waals surface area (Å²) in [6, 6.07) is 0. The van der Waals surface area contributed by atoms with Crippen molar-refractivity contribution in [3.05, 3.63) is 12.2 Å². The molecule has 0 aliphatic carbocycles. The maximum absolute atomic E-state index is 12.8. The molecule has 2 aliphatic heterocycles. The Labute approximate surface area is 372 Å². The number of carbonyl (C=O) groups excluding carboxylic acids is 2. The number of rotatable bonds is 25. The predicted molar refractivity (Wildman–Crippen MR) is 233 cm³/mol. The summed E-state index contributed by atoms with van der Waals surface area (Å²) in [7, 11) is 0. The molecule has 4 N–H and O–H groups in total. The molecule has 0 amide bonds. The molecule has 0 bridgehead atoms. The van der Waals surface area contributed by atoms with E-state index in [9.17, 15) is 19.2 Å². The predicted octanol–water partition coefficient (Wildman–Crippen LogP) is 3.95. The zero-order valence-corrected chi connectivity index (χ0v) is 38.6. The molecule has 62 heavy (non-hydrogen) atoms. The summed E-state index contributed by atoms with van der Waals surface area (Å²) in [5.74, 6) is -0.661. The number of anilines is 2. The Hall–Kier alpha value is -4.22. The number of hydrogen-bond acceptors (Lipinski definition) is 20. The molecule has 0 aromatic carbocycles. The minimum atomic E-state index is -1.26. The van der Waals surface area contributed by atoms with Gasteiger partial charge in [0.25, 0.3) is 11.8 Å². The average Bonchev–Trinajstić information content (AvgIpc) is 3.90. The number of nitrogens with zero attached hydrogens (tertiary/aromatic N) is 6. The molecule has 2 atom stereocenters. The number of carboxylic acid groups (broad SMARTS) is 2. The third-order valence-electron chi connectivity index (χ3n) is 9.01. The van der Waals surface area contributed by atoms with Crippen molar-refractivity contribution in [3.63, 3.8) is 0 Å². The highest BCUT2D eigenvalue weighted by Gasteiger charge is 2.25. The Bertz CT molecular complexity index is 1540. The molecule has 0 saturated carbocycles. The fourth-order valence-corrected chi connectivity index (χ4v) is 6.84. The number of ether oxygens (including phenoxy) is 6. The van der Waals surface area contributed by atoms with Crippen LogP contribution in [0.5, 0.6) is 11.8 Å². The van der Waals surface area contributed by atoms with Crippen LogP contribution >= 0.6 is 23.5 Å². The highest BCUT2D eigenvalue weighted by molar-refractivity contribution is 6.99. The van der Waals surface area contributed by atoms with E-state index in [0.717, 1.165) is 88.2 Å². The topological polar surface area (TPSA) is 246 Å². The van der Waals surface area contributed by atoms with Crippen LogP contribution in [0.2, 0.25) is 0 Å². The zero-order chi connectivity index (χ0) is 45.4. The summed E-state index contributed by atoms with van der Waals surface area (Å²) in [4.78, 5) is 49.0. The summed E-state index contributed by atoms with van der Waals surface area (Å²) in [6.45, 7) is 19.2. The van der Waals surface area contributed by atoms with Gasteiger partial charge in [0, 0.05) is 75.3 Å². The van der Waals surface area contributed by atoms with Crippen LogP contribution in [0.3, 0.4) is 0 Å². The number of nitrogens with one attached hydrogen (secondary N) is 2. The maximum Gasteiger partial charge on any atom is 0.328 e. The molecule has 0 spiro atoms. The van der Waals surface area contributed by atoms with Crippen LogP contribution in [0.4, 0.5) is 11.6 Å². The molecule has 0 radical (unpaired) electrons. The van der Waals surface area contributed by atoms with Crippen molar-refractivity contribution in [3.8, 4) is 11.8 Å². The van der Waals surface area contributed by atoms with Gasteiger partial charge in [-0.2, -0.15) is 8.75 Å². The molecule has 350 valence electrons. The van der Waals surface area contributed by atoms with E-state index >= 15 is 0 Å². The number of aromatic nitrogens is 4. The van der Waals surface area contributed by atoms with Crippen LogP contribution in [-0.4, -0.2) is 154 Å². The van der Waals surface area contributed by atoms with Crippen molar-refractivity contribution in [1.82, 2.24) is 28.1 Å². The van der Waals surface area contributed by atoms with Crippen LogP contribution in [0, 0.1) is 0 Å². The third kappa shape index (κ3) is 22.7. The first-order valence-electron chi connectivity index (χ1n) is 21.1. The Morgan fingerprint density at radius 2 is 0.984 bits per heavy atom. The maximum atomic E-state index is 12.8. The van der Waals surface area contributed by atoms with Crippen molar-refractivity contribution in [2.24, 2.45) is 0 Å². The van der Waals surface area contributed by atoms with Gasteiger partial charge in [-0.05, 0) is 54.4 Å². The molecular weight excluding hydrogens is 849 g/mol. The van der Waals surface area contributed by atoms with Gasteiger partial charge in [-0.3, -0.25) is 9.59 Å². The summed E-state index contributed by atoms with van der Waals surface area (Å²) in [6.07, 6.45) is 6.09. The van der Waals surface area contributed by atoms with Crippen molar-refractivity contribution in [2.75, 3.05) is 88.7 Å². The molecule has 2 aliphatic rings. The van der Waals surface area contributed by atoms with Crippen molar-refractivity contribution in [1.29, 1.82) is 0 Å². The highest BCUT2D eigenvalue weighted by atomic mass is 32.1. The third-order valence-corrected chi connectivity index (χ3v) is 10.0. The number of carbonyl (C=O) groups is 4. The Morgan fingerprint density at radius 3 is 1.32 bits per heavy atom. The number of aliphatic carboxylic acids is 2. The normalized spacial score (nSPS) is 15.6. The Kier molecular flexibility index (Phi) is 23.3. The molecule has 2 aromatic heterocycles. The monoisotopic (exact) mass is 914 g/mol. The van der Waals surface area contributed by atoms with E-state index in [2.05, 4.69) is 79.5 Å². The van der Waals surface area contributed by atoms with E-state index in [1.807, 2.05) is 0 Å². The Balaban J connectivity index is 0.00000116. The van der Waals surface area contributed by atoms with Crippen molar-refractivity contribution >= 4 is 59.0 Å². The summed E-state index contributed by atoms with van der Waals surface area (Å²) < 4.78 is 52.2. The van der Waals surface area contributed by atoms with Crippen molar-refractivity contribution < 1.29 is 57.8 Å². The number of morpholine rings is 2. The molecule has 20 nitrogen and oxygen atoms in total. The van der Waals surface area contributed by atoms with Gasteiger partial charge in [-0.1, -0.05) is 25.7 Å². The first kappa shape index (κ1) is 52.1. The number of hydrogen-bond donors (Lipinski definition) is 4. The lowest BCUT2D eigenvalue weighted by atomic mass is 10.1. The van der Waals surface area contributed by atoms with Crippen LogP contribution in [0.25, 0.3) is 0 Å². The summed E-state index contributed by atoms with van der Waals surface area (Å²) >= 11 is 2.21. The molecule has 2 aromatic rings. The lowest BCUT2D eigenvalue weighted by Crippen LogP contribution is -2.44. The molecular formula is C40H66N8O12S2. The minimum absolute atomic E-state index is 0.143. The van der Waals surface area contributed by atoms with Gasteiger partial charge in [0.05, 0.1) is 49.9 Å². The van der Waals surface area contributed by atoms with Gasteiger partial charge in [0.1, 0.15) is 25.4 Å². The van der Waals surface area contributed by atoms with E-state index in [-0.39, 0.29) is 36.2 Å². The molecule has 2 fully saturated rings. The molecule has 4 heterocycles. The van der Waals surface area contributed by atoms with Gasteiger partial charge in [0.2, 0.25) is 11.6 Å². The second-order valence-corrected chi connectivity index (χ2v) is 17.8. The quantitative estimate of drug-likeness (QED) is 0.0626. The summed E-state index contributed by atoms with van der Waals surface area (Å²) in [5.41, 5.74) is -0.286. The summed E-state index contributed by atoms with van der Waals surface area (Å²) in [5, 5.41) is 22.5. The number of unbranched alkanes of at least 4 members (excludes halogenated alkanes) is 5. The SMILES string of the molecule is CC(C)(C)NC[C@@H](COc1nsnc1N1CCOCC1)OC(=O)CCCCCCCCC(=O)O[C@@H](CNC(C)(C)C)COc1nsnc1N1CCOCC1.O=C(O)/C=C\C(=O)O. The average molecular weight is 915 g/mol. The van der Waals surface area contributed by atoms with E-state index in [4.69, 9.17) is 38.6 Å². The number of esters is 2. The molecule has 0 unspecified atom stereocenters. The highest BCUT2D eigenvalue weighted by Crippen LogP contribution is 2.28. The largest absolute Gasteiger partial charge is 0.478 e. The first-order valence-corrected chi connectivity index (χ1v) is 22.5. The minimum Gasteiger partial charge on any atom is -0.478 e.